The van der Waals surface area contributed by atoms with Gasteiger partial charge in [-0.15, -0.1) is 0 Å². The van der Waals surface area contributed by atoms with E-state index in [4.69, 9.17) is 4.42 Å². The zero-order valence-corrected chi connectivity index (χ0v) is 8.46. The van der Waals surface area contributed by atoms with Crippen LogP contribution < -0.4 is 0 Å². The van der Waals surface area contributed by atoms with Gasteiger partial charge in [0.25, 0.3) is 0 Å². The van der Waals surface area contributed by atoms with E-state index in [9.17, 15) is 4.79 Å². The van der Waals surface area contributed by atoms with Crippen LogP contribution in [0.2, 0.25) is 0 Å². The first-order chi connectivity index (χ1) is 7.86. The Morgan fingerprint density at radius 2 is 1.94 bits per heavy atom. The van der Waals surface area contributed by atoms with E-state index in [1.807, 2.05) is 34.9 Å². The highest BCUT2D eigenvalue weighted by molar-refractivity contribution is 6.06. The molecule has 0 aliphatic heterocycles. The van der Waals surface area contributed by atoms with E-state index in [0.717, 1.165) is 5.52 Å². The maximum absolute atomic E-state index is 12.1. The number of hydrogen-bond donors (Lipinski definition) is 0. The van der Waals surface area contributed by atoms with Gasteiger partial charge in [0.2, 0.25) is 5.78 Å². The Hall–Kier alpha value is -2.29. The Morgan fingerprint density at radius 3 is 2.75 bits per heavy atom. The second-order valence-corrected chi connectivity index (χ2v) is 3.52. The summed E-state index contributed by atoms with van der Waals surface area (Å²) in [6, 6.07) is 12.9. The fourth-order valence-corrected chi connectivity index (χ4v) is 1.79. The fourth-order valence-electron chi connectivity index (χ4n) is 1.79. The molecule has 0 amide bonds. The zero-order chi connectivity index (χ0) is 11.0. The predicted molar refractivity (Wildman–Crippen MR) is 59.5 cm³/mol. The van der Waals surface area contributed by atoms with E-state index in [2.05, 4.69) is 0 Å². The second-order valence-electron chi connectivity index (χ2n) is 3.52. The molecule has 3 nitrogen and oxygen atoms in total. The number of nitrogens with zero attached hydrogens (tertiary/aromatic N) is 1. The molecule has 0 spiro atoms. The first-order valence-electron chi connectivity index (χ1n) is 5.00. The molecule has 78 valence electrons. The van der Waals surface area contributed by atoms with Crippen molar-refractivity contribution in [2.75, 3.05) is 0 Å². The summed E-state index contributed by atoms with van der Waals surface area (Å²) in [5.41, 5.74) is 1.61. The molecule has 0 bridgehead atoms. The van der Waals surface area contributed by atoms with Crippen LogP contribution in [-0.4, -0.2) is 10.2 Å². The number of carbonyl (C=O) groups is 1. The number of rotatable bonds is 2. The normalized spacial score (nSPS) is 10.8. The molecule has 0 saturated carbocycles. The van der Waals surface area contributed by atoms with Crippen LogP contribution >= 0.6 is 0 Å². The molecule has 16 heavy (non-hydrogen) atoms. The van der Waals surface area contributed by atoms with Crippen molar-refractivity contribution in [2.24, 2.45) is 0 Å². The Kier molecular flexibility index (Phi) is 1.90. The maximum Gasteiger partial charge on any atom is 0.244 e. The van der Waals surface area contributed by atoms with Gasteiger partial charge in [-0.05, 0) is 36.4 Å². The fraction of sp³-hybridized carbons (Fsp3) is 0. The van der Waals surface area contributed by atoms with Gasteiger partial charge in [0.15, 0.2) is 5.76 Å². The Morgan fingerprint density at radius 1 is 1.06 bits per heavy atom. The lowest BCUT2D eigenvalue weighted by atomic mass is 10.2. The minimum atomic E-state index is -0.105. The molecule has 0 aliphatic rings. The van der Waals surface area contributed by atoms with Gasteiger partial charge in [0.05, 0.1) is 12.0 Å². The van der Waals surface area contributed by atoms with Crippen molar-refractivity contribution >= 4 is 11.3 Å². The van der Waals surface area contributed by atoms with Crippen LogP contribution in [-0.2, 0) is 0 Å². The summed E-state index contributed by atoms with van der Waals surface area (Å²) in [7, 11) is 0. The standard InChI is InChI=1S/C13H9NO2/c15-13(12-7-3-9-16-12)11-6-1-4-10-5-2-8-14(10)11/h1-9H. The van der Waals surface area contributed by atoms with Crippen molar-refractivity contribution in [3.8, 4) is 0 Å². The highest BCUT2D eigenvalue weighted by Gasteiger charge is 2.14. The van der Waals surface area contributed by atoms with Gasteiger partial charge in [-0.25, -0.2) is 0 Å². The molecule has 3 heteroatoms. The first-order valence-corrected chi connectivity index (χ1v) is 5.00. The lowest BCUT2D eigenvalue weighted by Crippen LogP contribution is -2.05. The van der Waals surface area contributed by atoms with Gasteiger partial charge >= 0.3 is 0 Å². The van der Waals surface area contributed by atoms with Crippen molar-refractivity contribution in [1.29, 1.82) is 0 Å². The molecule has 0 saturated heterocycles. The molecule has 0 N–H and O–H groups in total. The van der Waals surface area contributed by atoms with Gasteiger partial charge in [-0.3, -0.25) is 4.79 Å². The summed E-state index contributed by atoms with van der Waals surface area (Å²) in [5.74, 6) is 0.257. The maximum atomic E-state index is 12.1. The van der Waals surface area contributed by atoms with Crippen LogP contribution in [0.15, 0.2) is 59.3 Å². The van der Waals surface area contributed by atoms with Crippen molar-refractivity contribution in [1.82, 2.24) is 4.40 Å². The molecule has 0 atom stereocenters. The smallest absolute Gasteiger partial charge is 0.244 e. The molecule has 0 aromatic carbocycles. The summed E-state index contributed by atoms with van der Waals surface area (Å²) in [6.45, 7) is 0. The third-order valence-corrected chi connectivity index (χ3v) is 2.54. The molecule has 0 fully saturated rings. The van der Waals surface area contributed by atoms with Crippen LogP contribution in [0.4, 0.5) is 0 Å². The van der Waals surface area contributed by atoms with Gasteiger partial charge < -0.3 is 8.82 Å². The number of pyridine rings is 1. The predicted octanol–water partition coefficient (Wildman–Crippen LogP) is 2.76. The number of hydrogen-bond acceptors (Lipinski definition) is 2. The van der Waals surface area contributed by atoms with Crippen molar-refractivity contribution in [2.45, 2.75) is 0 Å². The number of fused-ring (bicyclic) bond motifs is 1. The third kappa shape index (κ3) is 1.26. The van der Waals surface area contributed by atoms with Crippen molar-refractivity contribution in [3.05, 3.63) is 66.4 Å². The van der Waals surface area contributed by atoms with Crippen molar-refractivity contribution < 1.29 is 9.21 Å². The summed E-state index contributed by atoms with van der Waals surface area (Å²) < 4.78 is 6.96. The van der Waals surface area contributed by atoms with Crippen LogP contribution in [0.1, 0.15) is 16.2 Å². The highest BCUT2D eigenvalue weighted by atomic mass is 16.3. The average molecular weight is 211 g/mol. The molecule has 3 aromatic rings. The Bertz CT molecular complexity index is 635. The largest absolute Gasteiger partial charge is 0.461 e. The van der Waals surface area contributed by atoms with E-state index < -0.39 is 0 Å². The molecule has 3 aromatic heterocycles. The highest BCUT2D eigenvalue weighted by Crippen LogP contribution is 2.13. The van der Waals surface area contributed by atoms with Crippen LogP contribution in [0, 0.1) is 0 Å². The van der Waals surface area contributed by atoms with Gasteiger partial charge in [0, 0.05) is 11.7 Å². The lowest BCUT2D eigenvalue weighted by molar-refractivity contribution is 0.100. The monoisotopic (exact) mass is 211 g/mol. The molecule has 0 unspecified atom stereocenters. The van der Waals surface area contributed by atoms with E-state index in [1.165, 1.54) is 6.26 Å². The number of aromatic nitrogens is 1. The SMILES string of the molecule is O=C(c1ccco1)c1cccc2cccn12. The molecule has 3 rings (SSSR count). The summed E-state index contributed by atoms with van der Waals surface area (Å²) in [6.07, 6.45) is 3.37. The number of carbonyl (C=O) groups excluding carboxylic acids is 1. The van der Waals surface area contributed by atoms with Gasteiger partial charge in [-0.2, -0.15) is 0 Å². The third-order valence-electron chi connectivity index (χ3n) is 2.54. The van der Waals surface area contributed by atoms with Gasteiger partial charge in [-0.1, -0.05) is 6.07 Å². The Labute approximate surface area is 91.9 Å². The molecule has 0 radical (unpaired) electrons. The summed E-state index contributed by atoms with van der Waals surface area (Å²) in [5, 5.41) is 0. The average Bonchev–Trinajstić information content (AvgIpc) is 2.98. The molecular formula is C13H9NO2. The summed E-state index contributed by atoms with van der Waals surface area (Å²) >= 11 is 0. The second kappa shape index (κ2) is 3.38. The number of furan rings is 1. The summed E-state index contributed by atoms with van der Waals surface area (Å²) in [4.78, 5) is 12.1. The molecule has 3 heterocycles. The Balaban J connectivity index is 2.19. The van der Waals surface area contributed by atoms with Crippen LogP contribution in [0.3, 0.4) is 0 Å². The minimum absolute atomic E-state index is 0.105. The number of ketones is 1. The quantitative estimate of drug-likeness (QED) is 0.611. The van der Waals surface area contributed by atoms with E-state index >= 15 is 0 Å². The lowest BCUT2D eigenvalue weighted by Gasteiger charge is -2.02. The van der Waals surface area contributed by atoms with Crippen LogP contribution in [0.25, 0.3) is 5.52 Å². The van der Waals surface area contributed by atoms with E-state index in [-0.39, 0.29) is 5.78 Å². The van der Waals surface area contributed by atoms with Crippen LogP contribution in [0.5, 0.6) is 0 Å². The first kappa shape index (κ1) is 8.97. The molecular weight excluding hydrogens is 202 g/mol. The van der Waals surface area contributed by atoms with Gasteiger partial charge in [0.1, 0.15) is 0 Å². The zero-order valence-electron chi connectivity index (χ0n) is 8.46. The van der Waals surface area contributed by atoms with E-state index in [0.29, 0.717) is 11.5 Å². The van der Waals surface area contributed by atoms with Crippen molar-refractivity contribution in [3.63, 3.8) is 0 Å². The molecule has 0 aliphatic carbocycles. The minimum Gasteiger partial charge on any atom is -0.461 e. The topological polar surface area (TPSA) is 34.6 Å². The van der Waals surface area contributed by atoms with E-state index in [1.54, 1.807) is 18.2 Å².